The van der Waals surface area contributed by atoms with Gasteiger partial charge in [-0.3, -0.25) is 0 Å². The molecule has 1 unspecified atom stereocenters. The first kappa shape index (κ1) is 14.2. The SMILES string of the molecule is COCC(OC)c1cccc(CC(C)(C)N)c1. The van der Waals surface area contributed by atoms with Crippen LogP contribution in [0.15, 0.2) is 24.3 Å². The molecule has 0 radical (unpaired) electrons. The molecule has 1 aromatic rings. The number of ether oxygens (including phenoxy) is 2. The number of benzene rings is 1. The fourth-order valence-corrected chi connectivity index (χ4v) is 1.88. The van der Waals surface area contributed by atoms with Crippen molar-refractivity contribution in [3.63, 3.8) is 0 Å². The largest absolute Gasteiger partial charge is 0.382 e. The zero-order valence-electron chi connectivity index (χ0n) is 11.2. The van der Waals surface area contributed by atoms with E-state index in [0.29, 0.717) is 6.61 Å². The maximum Gasteiger partial charge on any atom is 0.105 e. The van der Waals surface area contributed by atoms with Gasteiger partial charge in [-0.1, -0.05) is 24.3 Å². The second-order valence-corrected chi connectivity index (χ2v) is 5.09. The third-order valence-electron chi connectivity index (χ3n) is 2.59. The summed E-state index contributed by atoms with van der Waals surface area (Å²) < 4.78 is 10.5. The monoisotopic (exact) mass is 237 g/mol. The van der Waals surface area contributed by atoms with Crippen LogP contribution in [0.4, 0.5) is 0 Å². The predicted molar refractivity (Wildman–Crippen MR) is 70.0 cm³/mol. The van der Waals surface area contributed by atoms with Gasteiger partial charge in [0.15, 0.2) is 0 Å². The zero-order valence-corrected chi connectivity index (χ0v) is 11.2. The Labute approximate surface area is 104 Å². The van der Waals surface area contributed by atoms with Crippen molar-refractivity contribution in [2.75, 3.05) is 20.8 Å². The van der Waals surface area contributed by atoms with Gasteiger partial charge in [-0.2, -0.15) is 0 Å². The molecule has 96 valence electrons. The van der Waals surface area contributed by atoms with Crippen LogP contribution in [0.25, 0.3) is 0 Å². The molecule has 0 fully saturated rings. The molecule has 0 aliphatic rings. The summed E-state index contributed by atoms with van der Waals surface area (Å²) >= 11 is 0. The Balaban J connectivity index is 2.84. The smallest absolute Gasteiger partial charge is 0.105 e. The van der Waals surface area contributed by atoms with Gasteiger partial charge in [0.05, 0.1) is 6.61 Å². The van der Waals surface area contributed by atoms with Crippen molar-refractivity contribution in [3.8, 4) is 0 Å². The van der Waals surface area contributed by atoms with Gasteiger partial charge in [0, 0.05) is 19.8 Å². The van der Waals surface area contributed by atoms with Gasteiger partial charge in [-0.15, -0.1) is 0 Å². The lowest BCUT2D eigenvalue weighted by molar-refractivity contribution is 0.0274. The molecule has 1 rings (SSSR count). The Bertz CT molecular complexity index is 344. The first-order valence-electron chi connectivity index (χ1n) is 5.85. The Morgan fingerprint density at radius 1 is 1.29 bits per heavy atom. The maximum absolute atomic E-state index is 6.03. The van der Waals surface area contributed by atoms with Crippen LogP contribution in [0.2, 0.25) is 0 Å². The molecule has 2 N–H and O–H groups in total. The Morgan fingerprint density at radius 2 is 2.00 bits per heavy atom. The zero-order chi connectivity index (χ0) is 12.9. The van der Waals surface area contributed by atoms with Crippen LogP contribution in [0, 0.1) is 0 Å². The number of methoxy groups -OCH3 is 2. The second kappa shape index (κ2) is 6.15. The van der Waals surface area contributed by atoms with E-state index in [2.05, 4.69) is 18.2 Å². The van der Waals surface area contributed by atoms with E-state index in [4.69, 9.17) is 15.2 Å². The van der Waals surface area contributed by atoms with Crippen LogP contribution in [-0.4, -0.2) is 26.4 Å². The van der Waals surface area contributed by atoms with E-state index in [9.17, 15) is 0 Å². The minimum atomic E-state index is -0.192. The molecule has 0 saturated carbocycles. The number of nitrogens with two attached hydrogens (primary N) is 1. The Kier molecular flexibility index (Phi) is 5.12. The summed E-state index contributed by atoms with van der Waals surface area (Å²) in [4.78, 5) is 0. The van der Waals surface area contributed by atoms with Crippen molar-refractivity contribution >= 4 is 0 Å². The van der Waals surface area contributed by atoms with Crippen molar-refractivity contribution in [1.29, 1.82) is 0 Å². The van der Waals surface area contributed by atoms with Crippen molar-refractivity contribution in [2.45, 2.75) is 31.9 Å². The minimum absolute atomic E-state index is 0.0131. The van der Waals surface area contributed by atoms with Gasteiger partial charge in [-0.05, 0) is 31.4 Å². The summed E-state index contributed by atoms with van der Waals surface area (Å²) in [7, 11) is 3.38. The molecule has 1 atom stereocenters. The summed E-state index contributed by atoms with van der Waals surface area (Å²) in [5, 5.41) is 0. The Hall–Kier alpha value is -0.900. The lowest BCUT2D eigenvalue weighted by Gasteiger charge is -2.20. The molecule has 0 spiro atoms. The summed E-state index contributed by atoms with van der Waals surface area (Å²) in [6.07, 6.45) is 0.838. The highest BCUT2D eigenvalue weighted by Gasteiger charge is 2.14. The number of hydrogen-bond acceptors (Lipinski definition) is 3. The van der Waals surface area contributed by atoms with E-state index in [1.165, 1.54) is 5.56 Å². The second-order valence-electron chi connectivity index (χ2n) is 5.09. The summed E-state index contributed by atoms with van der Waals surface area (Å²) in [5.41, 5.74) is 8.20. The van der Waals surface area contributed by atoms with Crippen LogP contribution in [0.5, 0.6) is 0 Å². The molecule has 17 heavy (non-hydrogen) atoms. The first-order valence-corrected chi connectivity index (χ1v) is 5.85. The van der Waals surface area contributed by atoms with Crippen LogP contribution in [-0.2, 0) is 15.9 Å². The maximum atomic E-state index is 6.03. The average molecular weight is 237 g/mol. The topological polar surface area (TPSA) is 44.5 Å². The van der Waals surface area contributed by atoms with Crippen molar-refractivity contribution in [3.05, 3.63) is 35.4 Å². The van der Waals surface area contributed by atoms with Gasteiger partial charge in [0.1, 0.15) is 6.10 Å². The van der Waals surface area contributed by atoms with Gasteiger partial charge in [0.2, 0.25) is 0 Å². The highest BCUT2D eigenvalue weighted by molar-refractivity contribution is 5.26. The van der Waals surface area contributed by atoms with E-state index in [1.807, 2.05) is 19.9 Å². The van der Waals surface area contributed by atoms with E-state index in [-0.39, 0.29) is 11.6 Å². The van der Waals surface area contributed by atoms with Crippen molar-refractivity contribution in [1.82, 2.24) is 0 Å². The standard InChI is InChI=1S/C14H23NO2/c1-14(2,15)9-11-6-5-7-12(8-11)13(17-4)10-16-3/h5-8,13H,9-10,15H2,1-4H3. The van der Waals surface area contributed by atoms with Crippen LogP contribution in [0.3, 0.4) is 0 Å². The van der Waals surface area contributed by atoms with E-state index >= 15 is 0 Å². The van der Waals surface area contributed by atoms with Gasteiger partial charge in [-0.25, -0.2) is 0 Å². The van der Waals surface area contributed by atoms with E-state index in [1.54, 1.807) is 14.2 Å². The van der Waals surface area contributed by atoms with Gasteiger partial charge in [0.25, 0.3) is 0 Å². The van der Waals surface area contributed by atoms with Gasteiger partial charge < -0.3 is 15.2 Å². The summed E-state index contributed by atoms with van der Waals surface area (Å²) in [6.45, 7) is 4.62. The fourth-order valence-electron chi connectivity index (χ4n) is 1.88. The molecule has 3 heteroatoms. The van der Waals surface area contributed by atoms with Gasteiger partial charge >= 0.3 is 0 Å². The van der Waals surface area contributed by atoms with Crippen LogP contribution >= 0.6 is 0 Å². The molecule has 3 nitrogen and oxygen atoms in total. The average Bonchev–Trinajstić information content (AvgIpc) is 2.24. The highest BCUT2D eigenvalue weighted by Crippen LogP contribution is 2.20. The number of hydrogen-bond donors (Lipinski definition) is 1. The van der Waals surface area contributed by atoms with E-state index in [0.717, 1.165) is 12.0 Å². The molecule has 0 aromatic heterocycles. The van der Waals surface area contributed by atoms with Crippen LogP contribution < -0.4 is 5.73 Å². The van der Waals surface area contributed by atoms with Crippen molar-refractivity contribution < 1.29 is 9.47 Å². The minimum Gasteiger partial charge on any atom is -0.382 e. The molecule has 0 aliphatic carbocycles. The van der Waals surface area contributed by atoms with E-state index < -0.39 is 0 Å². The van der Waals surface area contributed by atoms with Crippen LogP contribution in [0.1, 0.15) is 31.1 Å². The lowest BCUT2D eigenvalue weighted by atomic mass is 9.94. The molecular weight excluding hydrogens is 214 g/mol. The molecule has 0 heterocycles. The highest BCUT2D eigenvalue weighted by atomic mass is 16.5. The lowest BCUT2D eigenvalue weighted by Crippen LogP contribution is -2.34. The molecule has 0 saturated heterocycles. The molecule has 0 bridgehead atoms. The third-order valence-corrected chi connectivity index (χ3v) is 2.59. The molecule has 0 aliphatic heterocycles. The number of rotatable bonds is 6. The fraction of sp³-hybridized carbons (Fsp3) is 0.571. The molecule has 0 amide bonds. The van der Waals surface area contributed by atoms with Crippen molar-refractivity contribution in [2.24, 2.45) is 5.73 Å². The third kappa shape index (κ3) is 4.86. The predicted octanol–water partition coefficient (Wildman–Crippen LogP) is 2.30. The summed E-state index contributed by atoms with van der Waals surface area (Å²) in [6, 6.07) is 8.33. The first-order chi connectivity index (χ1) is 7.96. The molecular formula is C14H23NO2. The summed E-state index contributed by atoms with van der Waals surface area (Å²) in [5.74, 6) is 0. The molecule has 1 aromatic carbocycles. The Morgan fingerprint density at radius 3 is 2.53 bits per heavy atom. The normalized spacial score (nSPS) is 13.7. The quantitative estimate of drug-likeness (QED) is 0.825.